The molecule has 0 atom stereocenters. The lowest BCUT2D eigenvalue weighted by atomic mass is 10.0. The molecule has 0 bridgehead atoms. The lowest BCUT2D eigenvalue weighted by Crippen LogP contribution is -2.17. The first-order chi connectivity index (χ1) is 15.0. The van der Waals surface area contributed by atoms with Crippen LogP contribution in [0.15, 0.2) is 77.6 Å². The third kappa shape index (κ3) is 4.54. The van der Waals surface area contributed by atoms with Gasteiger partial charge in [0.05, 0.1) is 18.2 Å². The van der Waals surface area contributed by atoms with Crippen molar-refractivity contribution in [3.8, 4) is 28.4 Å². The van der Waals surface area contributed by atoms with Crippen LogP contribution in [0.5, 0.6) is 17.2 Å². The summed E-state index contributed by atoms with van der Waals surface area (Å²) in [6.07, 6.45) is 0. The number of H-pyrrole nitrogens is 1. The number of hydrogen-bond acceptors (Lipinski definition) is 5. The Morgan fingerprint density at radius 2 is 1.74 bits per heavy atom. The number of nitrogens with one attached hydrogen (secondary N) is 1. The summed E-state index contributed by atoms with van der Waals surface area (Å²) in [6.45, 7) is -0.342. The Kier molecular flexibility index (Phi) is 5.91. The Labute approximate surface area is 183 Å². The zero-order chi connectivity index (χ0) is 21.8. The number of rotatable bonds is 6. The number of carbonyl (C=O) groups is 1. The van der Waals surface area contributed by atoms with Crippen molar-refractivity contribution in [2.45, 2.75) is 0 Å². The number of ether oxygens (including phenoxy) is 3. The van der Waals surface area contributed by atoms with Crippen LogP contribution in [0.1, 0.15) is 0 Å². The number of halogens is 1. The second-order valence-corrected chi connectivity index (χ2v) is 7.09. The molecule has 1 aromatic heterocycles. The van der Waals surface area contributed by atoms with E-state index in [0.717, 1.165) is 0 Å². The molecule has 0 amide bonds. The molecule has 0 spiro atoms. The average Bonchev–Trinajstić information content (AvgIpc) is 2.77. The molecule has 0 saturated carbocycles. The maximum Gasteiger partial charge on any atom is 0.343 e. The molecule has 0 aliphatic rings. The highest BCUT2D eigenvalue weighted by molar-refractivity contribution is 6.31. The van der Waals surface area contributed by atoms with Crippen LogP contribution < -0.4 is 15.0 Å². The second-order valence-electron chi connectivity index (χ2n) is 6.66. The monoisotopic (exact) mass is 435 g/mol. The van der Waals surface area contributed by atoms with E-state index in [1.165, 1.54) is 7.11 Å². The fraction of sp³-hybridized carbons (Fsp3) is 0.0833. The Morgan fingerprint density at radius 1 is 0.968 bits per heavy atom. The largest absolute Gasteiger partial charge is 0.480 e. The van der Waals surface area contributed by atoms with Crippen molar-refractivity contribution in [2.75, 3.05) is 13.7 Å². The van der Waals surface area contributed by atoms with Crippen LogP contribution in [0.2, 0.25) is 5.02 Å². The van der Waals surface area contributed by atoms with Gasteiger partial charge in [0.15, 0.2) is 6.61 Å². The molecule has 4 rings (SSSR count). The summed E-state index contributed by atoms with van der Waals surface area (Å²) in [5.74, 6) is 0.925. The van der Waals surface area contributed by atoms with Gasteiger partial charge in [-0.05, 0) is 48.0 Å². The summed E-state index contributed by atoms with van der Waals surface area (Å²) >= 11 is 6.07. The standard InChI is InChI=1S/C24H18ClNO5/c1-29-21(27)14-30-23-19-11-10-16(25)13-20(19)26-24(28)22(23)15-6-5-9-18(12-15)31-17-7-3-2-4-8-17/h2-13H,14H2,1H3,(H,26,28). The van der Waals surface area contributed by atoms with Crippen LogP contribution >= 0.6 is 11.6 Å². The Hall–Kier alpha value is -3.77. The van der Waals surface area contributed by atoms with Crippen molar-refractivity contribution < 1.29 is 19.0 Å². The lowest BCUT2D eigenvalue weighted by molar-refractivity contribution is -0.142. The Morgan fingerprint density at radius 3 is 2.52 bits per heavy atom. The highest BCUT2D eigenvalue weighted by Crippen LogP contribution is 2.36. The molecule has 156 valence electrons. The summed E-state index contributed by atoms with van der Waals surface area (Å²) in [6, 6.07) is 21.4. The van der Waals surface area contributed by atoms with Gasteiger partial charge in [-0.25, -0.2) is 4.79 Å². The molecule has 0 fully saturated rings. The highest BCUT2D eigenvalue weighted by Gasteiger charge is 2.18. The Balaban J connectivity index is 1.83. The van der Waals surface area contributed by atoms with E-state index in [-0.39, 0.29) is 23.5 Å². The third-order valence-corrected chi connectivity index (χ3v) is 4.83. The number of methoxy groups -OCH3 is 1. The van der Waals surface area contributed by atoms with E-state index in [0.29, 0.717) is 33.0 Å². The summed E-state index contributed by atoms with van der Waals surface area (Å²) in [5.41, 5.74) is 0.966. The molecule has 0 aliphatic carbocycles. The van der Waals surface area contributed by atoms with Crippen molar-refractivity contribution in [3.63, 3.8) is 0 Å². The molecule has 1 N–H and O–H groups in total. The number of carbonyl (C=O) groups excluding carboxylic acids is 1. The van der Waals surface area contributed by atoms with Gasteiger partial charge in [-0.2, -0.15) is 0 Å². The predicted molar refractivity (Wildman–Crippen MR) is 119 cm³/mol. The molecular weight excluding hydrogens is 418 g/mol. The van der Waals surface area contributed by atoms with Crippen molar-refractivity contribution in [2.24, 2.45) is 0 Å². The number of para-hydroxylation sites is 1. The van der Waals surface area contributed by atoms with E-state index in [9.17, 15) is 9.59 Å². The number of fused-ring (bicyclic) bond motifs is 1. The number of pyridine rings is 1. The second kappa shape index (κ2) is 8.93. The smallest absolute Gasteiger partial charge is 0.343 e. The van der Waals surface area contributed by atoms with Gasteiger partial charge in [0.2, 0.25) is 0 Å². The van der Waals surface area contributed by atoms with Crippen LogP contribution in [0.25, 0.3) is 22.0 Å². The van der Waals surface area contributed by atoms with Crippen molar-refractivity contribution in [1.29, 1.82) is 0 Å². The molecular formula is C24H18ClNO5. The van der Waals surface area contributed by atoms with Crippen LogP contribution in [-0.4, -0.2) is 24.7 Å². The number of aromatic nitrogens is 1. The van der Waals surface area contributed by atoms with E-state index in [4.69, 9.17) is 21.1 Å². The van der Waals surface area contributed by atoms with Crippen molar-refractivity contribution in [3.05, 3.63) is 88.2 Å². The quantitative estimate of drug-likeness (QED) is 0.421. The average molecular weight is 436 g/mol. The van der Waals surface area contributed by atoms with Gasteiger partial charge < -0.3 is 19.2 Å². The van der Waals surface area contributed by atoms with E-state index in [1.54, 1.807) is 42.5 Å². The third-order valence-electron chi connectivity index (χ3n) is 4.59. The van der Waals surface area contributed by atoms with E-state index in [1.807, 2.05) is 30.3 Å². The number of esters is 1. The van der Waals surface area contributed by atoms with E-state index in [2.05, 4.69) is 9.72 Å². The maximum absolute atomic E-state index is 13.0. The molecule has 0 radical (unpaired) electrons. The van der Waals surface area contributed by atoms with Gasteiger partial charge in [0.25, 0.3) is 5.56 Å². The summed E-state index contributed by atoms with van der Waals surface area (Å²) < 4.78 is 16.3. The highest BCUT2D eigenvalue weighted by atomic mass is 35.5. The molecule has 0 saturated heterocycles. The van der Waals surface area contributed by atoms with Gasteiger partial charge in [-0.1, -0.05) is 41.9 Å². The van der Waals surface area contributed by atoms with Gasteiger partial charge >= 0.3 is 5.97 Å². The molecule has 0 unspecified atom stereocenters. The molecule has 6 nitrogen and oxygen atoms in total. The van der Waals surface area contributed by atoms with Crippen molar-refractivity contribution in [1.82, 2.24) is 4.98 Å². The molecule has 1 heterocycles. The first kappa shape index (κ1) is 20.5. The zero-order valence-corrected chi connectivity index (χ0v) is 17.3. The Bertz CT molecular complexity index is 1300. The van der Waals surface area contributed by atoms with Crippen LogP contribution in [0.4, 0.5) is 0 Å². The lowest BCUT2D eigenvalue weighted by Gasteiger charge is -2.14. The van der Waals surface area contributed by atoms with Crippen LogP contribution in [0.3, 0.4) is 0 Å². The van der Waals surface area contributed by atoms with Crippen LogP contribution in [-0.2, 0) is 9.53 Å². The topological polar surface area (TPSA) is 77.6 Å². The van der Waals surface area contributed by atoms with Crippen molar-refractivity contribution >= 4 is 28.5 Å². The SMILES string of the molecule is COC(=O)COc1c(-c2cccc(Oc3ccccc3)c2)c(=O)[nH]c2cc(Cl)ccc12. The first-order valence-electron chi connectivity index (χ1n) is 9.43. The molecule has 3 aromatic carbocycles. The van der Waals surface area contributed by atoms with E-state index >= 15 is 0 Å². The summed E-state index contributed by atoms with van der Waals surface area (Å²) in [7, 11) is 1.27. The number of aromatic amines is 1. The predicted octanol–water partition coefficient (Wildman–Crippen LogP) is 5.19. The maximum atomic E-state index is 13.0. The normalized spacial score (nSPS) is 10.6. The molecule has 4 aromatic rings. The van der Waals surface area contributed by atoms with Gasteiger partial charge in [-0.3, -0.25) is 4.79 Å². The summed E-state index contributed by atoms with van der Waals surface area (Å²) in [4.78, 5) is 27.5. The van der Waals surface area contributed by atoms with Gasteiger partial charge in [0, 0.05) is 10.4 Å². The fourth-order valence-electron chi connectivity index (χ4n) is 3.18. The molecule has 7 heteroatoms. The fourth-order valence-corrected chi connectivity index (χ4v) is 3.35. The van der Waals surface area contributed by atoms with Gasteiger partial charge in [0.1, 0.15) is 17.2 Å². The zero-order valence-electron chi connectivity index (χ0n) is 16.6. The van der Waals surface area contributed by atoms with Crippen LogP contribution in [0, 0.1) is 0 Å². The molecule has 0 aliphatic heterocycles. The van der Waals surface area contributed by atoms with Gasteiger partial charge in [-0.15, -0.1) is 0 Å². The number of benzene rings is 3. The molecule has 31 heavy (non-hydrogen) atoms. The minimum Gasteiger partial charge on any atom is -0.480 e. The minimum atomic E-state index is -0.561. The minimum absolute atomic E-state index is 0.262. The summed E-state index contributed by atoms with van der Waals surface area (Å²) in [5, 5.41) is 1.07. The number of hydrogen-bond donors (Lipinski definition) is 1. The van der Waals surface area contributed by atoms with E-state index < -0.39 is 5.97 Å². The first-order valence-corrected chi connectivity index (χ1v) is 9.81.